The number of likely N-dealkylation sites (N-methyl/N-ethyl adjacent to an activating group) is 2. The van der Waals surface area contributed by atoms with Gasteiger partial charge in [-0.1, -0.05) is 6.92 Å². The lowest BCUT2D eigenvalue weighted by molar-refractivity contribution is -0.129. The van der Waals surface area contributed by atoms with E-state index in [1.165, 1.54) is 0 Å². The number of aromatic nitrogens is 1. The average Bonchev–Trinajstić information content (AvgIpc) is 2.85. The molecule has 0 bridgehead atoms. The molecule has 4 nitrogen and oxygen atoms in total. The van der Waals surface area contributed by atoms with Gasteiger partial charge in [0.05, 0.1) is 23.1 Å². The number of aryl methyl sites for hydroxylation is 1. The van der Waals surface area contributed by atoms with Gasteiger partial charge in [-0.25, -0.2) is 4.98 Å². The number of thiazole rings is 1. The fourth-order valence-corrected chi connectivity index (χ4v) is 2.73. The van der Waals surface area contributed by atoms with Crippen LogP contribution in [0.1, 0.15) is 24.0 Å². The summed E-state index contributed by atoms with van der Waals surface area (Å²) in [5, 5.41) is 3.14. The van der Waals surface area contributed by atoms with Gasteiger partial charge < -0.3 is 4.90 Å². The second-order valence-corrected chi connectivity index (χ2v) is 5.84. The Bertz CT molecular complexity index is 395. The second-order valence-electron chi connectivity index (χ2n) is 4.63. The molecule has 0 fully saturated rings. The summed E-state index contributed by atoms with van der Waals surface area (Å²) in [5.74, 6) is 0.634. The lowest BCUT2D eigenvalue weighted by Crippen LogP contribution is -2.37. The topological polar surface area (TPSA) is 36.4 Å². The number of carbonyl (C=O) groups excluding carboxylic acids is 1. The molecule has 0 aliphatic heterocycles. The van der Waals surface area contributed by atoms with Crippen LogP contribution in [0.4, 0.5) is 0 Å². The van der Waals surface area contributed by atoms with Crippen molar-refractivity contribution in [3.05, 3.63) is 16.1 Å². The van der Waals surface area contributed by atoms with E-state index < -0.39 is 0 Å². The first-order chi connectivity index (χ1) is 9.06. The number of halogens is 1. The van der Waals surface area contributed by atoms with E-state index in [0.29, 0.717) is 12.4 Å². The molecule has 0 aromatic carbocycles. The predicted molar refractivity (Wildman–Crippen MR) is 80.8 cm³/mol. The maximum Gasteiger partial charge on any atom is 0.236 e. The summed E-state index contributed by atoms with van der Waals surface area (Å²) in [7, 11) is 3.58. The molecule has 19 heavy (non-hydrogen) atoms. The summed E-state index contributed by atoms with van der Waals surface area (Å²) >= 11 is 7.39. The molecule has 0 aliphatic carbocycles. The molecule has 1 aromatic heterocycles. The third-order valence-corrected chi connectivity index (χ3v) is 4.14. The van der Waals surface area contributed by atoms with Crippen LogP contribution < -0.4 is 0 Å². The maximum absolute atomic E-state index is 11.6. The highest BCUT2D eigenvalue weighted by atomic mass is 35.5. The Morgan fingerprint density at radius 1 is 1.47 bits per heavy atom. The first-order valence-corrected chi connectivity index (χ1v) is 7.90. The van der Waals surface area contributed by atoms with Gasteiger partial charge in [-0.15, -0.1) is 22.9 Å². The van der Waals surface area contributed by atoms with Crippen LogP contribution in [0.15, 0.2) is 5.38 Å². The lowest BCUT2D eigenvalue weighted by Gasteiger charge is -2.21. The molecule has 0 spiro atoms. The van der Waals surface area contributed by atoms with Gasteiger partial charge >= 0.3 is 0 Å². The molecule has 0 aliphatic rings. The van der Waals surface area contributed by atoms with Crippen LogP contribution in [0.2, 0.25) is 0 Å². The zero-order valence-corrected chi connectivity index (χ0v) is 13.4. The number of hydrogen-bond acceptors (Lipinski definition) is 4. The van der Waals surface area contributed by atoms with Gasteiger partial charge in [0.25, 0.3) is 0 Å². The standard InChI is InChI=1S/C13H22ClN3OS/c1-4-17(9-13(18)16(2)3)7-5-6-12-15-11(8-14)10-19-12/h10H,4-9H2,1-3H3. The third-order valence-electron chi connectivity index (χ3n) is 2.91. The van der Waals surface area contributed by atoms with E-state index in [1.807, 2.05) is 5.38 Å². The van der Waals surface area contributed by atoms with Crippen molar-refractivity contribution in [1.29, 1.82) is 0 Å². The molecule has 0 radical (unpaired) electrons. The van der Waals surface area contributed by atoms with E-state index in [2.05, 4.69) is 16.8 Å². The van der Waals surface area contributed by atoms with E-state index in [-0.39, 0.29) is 5.91 Å². The number of alkyl halides is 1. The fourth-order valence-electron chi connectivity index (χ4n) is 1.66. The van der Waals surface area contributed by atoms with E-state index in [4.69, 9.17) is 11.6 Å². The monoisotopic (exact) mass is 303 g/mol. The van der Waals surface area contributed by atoms with Crippen molar-refractivity contribution in [3.63, 3.8) is 0 Å². The Balaban J connectivity index is 2.31. The highest BCUT2D eigenvalue weighted by Crippen LogP contribution is 2.13. The molecule has 0 saturated carbocycles. The van der Waals surface area contributed by atoms with Gasteiger partial charge in [-0.05, 0) is 19.5 Å². The molecule has 6 heteroatoms. The Kier molecular flexibility index (Phi) is 7.34. The Morgan fingerprint density at radius 2 is 2.21 bits per heavy atom. The Hall–Kier alpha value is -0.650. The molecule has 0 atom stereocenters. The van der Waals surface area contributed by atoms with Gasteiger partial charge in [-0.2, -0.15) is 0 Å². The first kappa shape index (κ1) is 16.4. The molecule has 1 aromatic rings. The predicted octanol–water partition coefficient (Wildman–Crippen LogP) is 2.22. The van der Waals surface area contributed by atoms with E-state index in [0.717, 1.165) is 36.6 Å². The van der Waals surface area contributed by atoms with Crippen LogP contribution in [0.25, 0.3) is 0 Å². The highest BCUT2D eigenvalue weighted by molar-refractivity contribution is 7.09. The smallest absolute Gasteiger partial charge is 0.236 e. The van der Waals surface area contributed by atoms with Gasteiger partial charge in [-0.3, -0.25) is 9.69 Å². The van der Waals surface area contributed by atoms with Crippen molar-refractivity contribution < 1.29 is 4.79 Å². The normalized spacial score (nSPS) is 11.0. The Morgan fingerprint density at radius 3 is 2.74 bits per heavy atom. The molecule has 0 saturated heterocycles. The van der Waals surface area contributed by atoms with Crippen LogP contribution in [0.5, 0.6) is 0 Å². The van der Waals surface area contributed by atoms with Crippen LogP contribution >= 0.6 is 22.9 Å². The van der Waals surface area contributed by atoms with Gasteiger partial charge in [0.15, 0.2) is 0 Å². The third kappa shape index (κ3) is 5.89. The number of nitrogens with zero attached hydrogens (tertiary/aromatic N) is 3. The van der Waals surface area contributed by atoms with Crippen molar-refractivity contribution >= 4 is 28.8 Å². The summed E-state index contributed by atoms with van der Waals surface area (Å²) in [6.07, 6.45) is 1.97. The summed E-state index contributed by atoms with van der Waals surface area (Å²) in [6, 6.07) is 0. The molecule has 1 amide bonds. The van der Waals surface area contributed by atoms with Crippen molar-refractivity contribution in [2.45, 2.75) is 25.6 Å². The molecule has 0 unspecified atom stereocenters. The van der Waals surface area contributed by atoms with Gasteiger partial charge in [0.2, 0.25) is 5.91 Å². The fraction of sp³-hybridized carbons (Fsp3) is 0.692. The van der Waals surface area contributed by atoms with Gasteiger partial charge in [0.1, 0.15) is 0 Å². The summed E-state index contributed by atoms with van der Waals surface area (Å²) in [4.78, 5) is 19.9. The Labute approximate surface area is 124 Å². The SMILES string of the molecule is CCN(CCCc1nc(CCl)cs1)CC(=O)N(C)C. The lowest BCUT2D eigenvalue weighted by atomic mass is 10.3. The summed E-state index contributed by atoms with van der Waals surface area (Å²) < 4.78 is 0. The maximum atomic E-state index is 11.6. The summed E-state index contributed by atoms with van der Waals surface area (Å²) in [6.45, 7) is 4.39. The van der Waals surface area contributed by atoms with Crippen molar-refractivity contribution in [3.8, 4) is 0 Å². The highest BCUT2D eigenvalue weighted by Gasteiger charge is 2.10. The second kappa shape index (κ2) is 8.51. The van der Waals surface area contributed by atoms with Crippen molar-refractivity contribution in [1.82, 2.24) is 14.8 Å². The van der Waals surface area contributed by atoms with E-state index >= 15 is 0 Å². The molecular formula is C13H22ClN3OS. The quantitative estimate of drug-likeness (QED) is 0.691. The number of amides is 1. The largest absolute Gasteiger partial charge is 0.348 e. The van der Waals surface area contributed by atoms with Crippen molar-refractivity contribution in [2.75, 3.05) is 33.7 Å². The average molecular weight is 304 g/mol. The zero-order valence-electron chi connectivity index (χ0n) is 11.9. The minimum Gasteiger partial charge on any atom is -0.348 e. The number of hydrogen-bond donors (Lipinski definition) is 0. The van der Waals surface area contributed by atoms with Crippen LogP contribution in [0.3, 0.4) is 0 Å². The number of rotatable bonds is 8. The minimum absolute atomic E-state index is 0.153. The molecular weight excluding hydrogens is 282 g/mol. The number of carbonyl (C=O) groups is 1. The molecule has 1 rings (SSSR count). The van der Waals surface area contributed by atoms with Crippen LogP contribution in [0, 0.1) is 0 Å². The van der Waals surface area contributed by atoms with Crippen LogP contribution in [-0.4, -0.2) is 54.4 Å². The molecule has 1 heterocycles. The van der Waals surface area contributed by atoms with Crippen molar-refractivity contribution in [2.24, 2.45) is 0 Å². The molecule has 0 N–H and O–H groups in total. The molecule has 108 valence electrons. The van der Waals surface area contributed by atoms with E-state index in [1.54, 1.807) is 30.3 Å². The van der Waals surface area contributed by atoms with Gasteiger partial charge in [0, 0.05) is 25.9 Å². The zero-order chi connectivity index (χ0) is 14.3. The van der Waals surface area contributed by atoms with Crippen LogP contribution in [-0.2, 0) is 17.1 Å². The van der Waals surface area contributed by atoms with E-state index in [9.17, 15) is 4.79 Å². The first-order valence-electron chi connectivity index (χ1n) is 6.48. The minimum atomic E-state index is 0.153. The summed E-state index contributed by atoms with van der Waals surface area (Å²) in [5.41, 5.74) is 0.955.